The summed E-state index contributed by atoms with van der Waals surface area (Å²) in [6, 6.07) is 44.1. The van der Waals surface area contributed by atoms with Crippen LogP contribution in [0.5, 0.6) is 23.0 Å². The fourth-order valence-electron chi connectivity index (χ4n) is 13.5. The number of hydrogen-bond donors (Lipinski definition) is 2. The molecule has 482 valence electrons. The monoisotopic (exact) mass is 1450 g/mol. The number of hydrogen-bond acceptors (Lipinski definition) is 14. The minimum Gasteiger partial charge on any atom is -0.474 e. The molecule has 13 rings (SSSR count). The molecule has 92 heavy (non-hydrogen) atoms. The topological polar surface area (TPSA) is 94.3 Å². The average molecular weight is 1450 g/mol. The van der Waals surface area contributed by atoms with E-state index in [0.717, 1.165) is 162 Å². The zero-order valence-corrected chi connectivity index (χ0v) is 63.9. The summed E-state index contributed by atoms with van der Waals surface area (Å²) in [5, 5.41) is 0. The molecular weight excluding hydrogens is 1370 g/mol. The van der Waals surface area contributed by atoms with Gasteiger partial charge in [0.05, 0.1) is 71.7 Å². The van der Waals surface area contributed by atoms with Crippen LogP contribution in [0.1, 0.15) is 74.1 Å². The van der Waals surface area contributed by atoms with Crippen molar-refractivity contribution >= 4 is 173 Å². The smallest absolute Gasteiger partial charge is 0.123 e. The van der Waals surface area contributed by atoms with E-state index in [-0.39, 0.29) is 16.3 Å². The highest BCUT2D eigenvalue weighted by Gasteiger charge is 2.40. The van der Waals surface area contributed by atoms with Crippen LogP contribution in [0, 0.1) is 0 Å². The molecule has 2 N–H and O–H groups in total. The molecule has 0 saturated carbocycles. The van der Waals surface area contributed by atoms with Crippen molar-refractivity contribution in [3.63, 3.8) is 0 Å². The van der Waals surface area contributed by atoms with Gasteiger partial charge in [-0.25, -0.2) is 9.97 Å². The highest BCUT2D eigenvalue weighted by molar-refractivity contribution is 8.19. The Kier molecular flexibility index (Phi) is 22.2. The maximum absolute atomic E-state index is 6.91. The summed E-state index contributed by atoms with van der Waals surface area (Å²) in [5.74, 6) is 3.69. The summed E-state index contributed by atoms with van der Waals surface area (Å²) in [6.45, 7) is 0. The third-order valence-corrected chi connectivity index (χ3v) is 41.9. The summed E-state index contributed by atoms with van der Waals surface area (Å²) in [7, 11) is -2.41. The zero-order chi connectivity index (χ0) is 63.5. The standard InChI is InChI=1S/C72H82N4O4P4S8/c1-85-69(86-2)37-9-41-81(45-69)77-53-21-13-49(14-22-53)65-57-29-31-59(73-57)66(50-15-23-54(24-16-50)78-82-42-10-38-70(46-82,87-3)88-4)61-33-35-63(75-61)68(52-19-27-56(28-20-52)80-84-44-12-40-72(48-84,91-7)92-8)64-36-34-62(76-64)67(60-32-30-58(65)74-60)51-17-25-55(26-18-51)79-83-43-11-39-71(47-83,89-5)90-6/h13-36,73,76H,9-12,37-48H2,1-8H3. The Bertz CT molecular complexity index is 3470. The molecule has 4 atom stereocenters. The summed E-state index contributed by atoms with van der Waals surface area (Å²) in [6.07, 6.45) is 45.5. The van der Waals surface area contributed by atoms with Crippen LogP contribution >= 0.6 is 127 Å². The highest BCUT2D eigenvalue weighted by atomic mass is 32.2. The van der Waals surface area contributed by atoms with Crippen molar-refractivity contribution in [2.45, 2.75) is 67.7 Å². The molecule has 0 aliphatic carbocycles. The Morgan fingerprint density at radius 3 is 0.707 bits per heavy atom. The first-order valence-corrected chi connectivity index (χ1v) is 47.9. The lowest BCUT2D eigenvalue weighted by Gasteiger charge is -2.38. The van der Waals surface area contributed by atoms with Gasteiger partial charge in [0.2, 0.25) is 0 Å². The van der Waals surface area contributed by atoms with Gasteiger partial charge in [0.25, 0.3) is 0 Å². The third-order valence-electron chi connectivity index (χ3n) is 18.8. The number of aromatic nitrogens is 4. The Labute approximate surface area is 584 Å². The normalized spacial score (nSPS) is 21.4. The highest BCUT2D eigenvalue weighted by Crippen LogP contribution is 2.59. The van der Waals surface area contributed by atoms with Gasteiger partial charge in [0, 0.05) is 93.6 Å². The van der Waals surface area contributed by atoms with E-state index < -0.39 is 32.6 Å². The fraction of sp³-hybridized carbons (Fsp3) is 0.389. The molecule has 4 unspecified atom stereocenters. The largest absolute Gasteiger partial charge is 0.474 e. The molecular formula is C72H82N4O4P4S8. The SMILES string of the molecule is CSC1(SC)CCCP(Oc2ccc(-c3c4nc(c(-c5ccc(OP6CCCC(SC)(SC)C6)cc5)c5ccc([nH]5)c(-c5ccc(OP6CCCC(SC)(SC)C6)cc5)c5nc(c(-c6ccc(OP7CCCC(SC)(SC)C7)cc6)c6ccc3[nH]6)C=C5)C=C4)cc2)C1. The van der Waals surface area contributed by atoms with E-state index in [2.05, 4.69) is 206 Å². The fourth-order valence-corrected chi connectivity index (χ4v) is 34.3. The van der Waals surface area contributed by atoms with Crippen molar-refractivity contribution < 1.29 is 18.1 Å². The second-order valence-corrected chi connectivity index (χ2v) is 42.3. The van der Waals surface area contributed by atoms with Gasteiger partial charge in [0.15, 0.2) is 0 Å². The van der Waals surface area contributed by atoms with Crippen molar-refractivity contribution in [1.29, 1.82) is 0 Å². The van der Waals surface area contributed by atoms with E-state index >= 15 is 0 Å². The summed E-state index contributed by atoms with van der Waals surface area (Å²) < 4.78 is 28.5. The Hall–Kier alpha value is -2.80. The number of H-pyrrole nitrogens is 2. The first kappa shape index (κ1) is 67.8. The molecule has 4 aromatic carbocycles. The summed E-state index contributed by atoms with van der Waals surface area (Å²) in [4.78, 5) is 19.5. The van der Waals surface area contributed by atoms with Crippen LogP contribution < -0.4 is 18.1 Å². The predicted molar refractivity (Wildman–Crippen MR) is 426 cm³/mol. The summed E-state index contributed by atoms with van der Waals surface area (Å²) >= 11 is 16.0. The van der Waals surface area contributed by atoms with Crippen LogP contribution in [-0.4, -0.2) is 136 Å². The molecule has 0 spiro atoms. The van der Waals surface area contributed by atoms with Gasteiger partial charge in [0.1, 0.15) is 23.0 Å². The van der Waals surface area contributed by atoms with Crippen LogP contribution in [0.4, 0.5) is 0 Å². The molecule has 3 aromatic heterocycles. The number of nitrogens with zero attached hydrogens (tertiary/aromatic N) is 2. The second kappa shape index (κ2) is 30.1. The lowest BCUT2D eigenvalue weighted by atomic mass is 10.0. The lowest BCUT2D eigenvalue weighted by Crippen LogP contribution is -2.29. The number of aromatic amines is 2. The van der Waals surface area contributed by atoms with Crippen LogP contribution in [0.25, 0.3) is 90.9 Å². The average Bonchev–Trinajstić information content (AvgIpc) is 1.67. The minimum atomic E-state index is -0.603. The Morgan fingerprint density at radius 1 is 0.304 bits per heavy atom. The first-order valence-electron chi connectivity index (χ1n) is 31.6. The number of rotatable bonds is 20. The molecule has 4 fully saturated rings. The second-order valence-electron chi connectivity index (χ2n) is 24.1. The first-order chi connectivity index (χ1) is 44.9. The van der Waals surface area contributed by atoms with Crippen LogP contribution in [0.15, 0.2) is 121 Å². The predicted octanol–water partition coefficient (Wildman–Crippen LogP) is 23.3. The van der Waals surface area contributed by atoms with E-state index in [9.17, 15) is 0 Å². The molecule has 8 bridgehead atoms. The Balaban J connectivity index is 0.970. The van der Waals surface area contributed by atoms with Gasteiger partial charge < -0.3 is 28.1 Å². The maximum atomic E-state index is 6.91. The molecule has 9 heterocycles. The van der Waals surface area contributed by atoms with Crippen molar-refractivity contribution in [3.05, 3.63) is 144 Å². The van der Waals surface area contributed by atoms with E-state index in [1.54, 1.807) is 0 Å². The van der Waals surface area contributed by atoms with E-state index in [4.69, 9.17) is 28.1 Å². The molecule has 6 aliphatic rings. The minimum absolute atomic E-state index is 0.220. The van der Waals surface area contributed by atoms with Gasteiger partial charge in [-0.3, -0.25) is 0 Å². The van der Waals surface area contributed by atoms with Gasteiger partial charge in [-0.1, -0.05) is 48.5 Å². The summed E-state index contributed by atoms with van der Waals surface area (Å²) in [5.41, 5.74) is 15.5. The van der Waals surface area contributed by atoms with E-state index in [1.807, 2.05) is 94.1 Å². The van der Waals surface area contributed by atoms with E-state index in [0.29, 0.717) is 0 Å². The molecule has 0 amide bonds. The van der Waals surface area contributed by atoms with Crippen molar-refractivity contribution in [2.24, 2.45) is 0 Å². The molecule has 20 heteroatoms. The Morgan fingerprint density at radius 2 is 0.511 bits per heavy atom. The maximum Gasteiger partial charge on any atom is 0.123 e. The number of thioether (sulfide) groups is 8. The van der Waals surface area contributed by atoms with Crippen LogP contribution in [0.3, 0.4) is 0 Å². The van der Waals surface area contributed by atoms with E-state index in [1.165, 1.54) is 51.4 Å². The molecule has 0 radical (unpaired) electrons. The van der Waals surface area contributed by atoms with Crippen molar-refractivity contribution in [1.82, 2.24) is 19.9 Å². The van der Waals surface area contributed by atoms with Crippen LogP contribution in [0.2, 0.25) is 0 Å². The van der Waals surface area contributed by atoms with Crippen molar-refractivity contribution in [2.75, 3.05) is 99.3 Å². The molecule has 7 aromatic rings. The third kappa shape index (κ3) is 14.8. The number of nitrogens with one attached hydrogen (secondary N) is 2. The van der Waals surface area contributed by atoms with Crippen LogP contribution in [-0.2, 0) is 0 Å². The van der Waals surface area contributed by atoms with Crippen molar-refractivity contribution in [3.8, 4) is 67.5 Å². The lowest BCUT2D eigenvalue weighted by molar-refractivity contribution is 0.583. The van der Waals surface area contributed by atoms with Gasteiger partial charge in [-0.15, -0.1) is 94.1 Å². The number of benzene rings is 4. The molecule has 8 nitrogen and oxygen atoms in total. The van der Waals surface area contributed by atoms with Gasteiger partial charge >= 0.3 is 0 Å². The number of fused-ring (bicyclic) bond motifs is 8. The van der Waals surface area contributed by atoms with Gasteiger partial charge in [-0.2, -0.15) is 0 Å². The molecule has 4 saturated heterocycles. The van der Waals surface area contributed by atoms with Gasteiger partial charge in [-0.05, 0) is 221 Å². The zero-order valence-electron chi connectivity index (χ0n) is 53.8. The molecule has 6 aliphatic heterocycles. The quantitative estimate of drug-likeness (QED) is 0.0560.